The van der Waals surface area contributed by atoms with Gasteiger partial charge in [-0.1, -0.05) is 59.1 Å². The largest absolute Gasteiger partial charge is 0.493 e. The van der Waals surface area contributed by atoms with Gasteiger partial charge in [0, 0.05) is 16.6 Å². The van der Waals surface area contributed by atoms with Crippen molar-refractivity contribution >= 4 is 56.2 Å². The van der Waals surface area contributed by atoms with Crippen LogP contribution in [0, 0.1) is 0 Å². The number of halogens is 2. The van der Waals surface area contributed by atoms with Crippen molar-refractivity contribution < 1.29 is 14.3 Å². The van der Waals surface area contributed by atoms with Crippen molar-refractivity contribution in [2.45, 2.75) is 26.2 Å². The highest BCUT2D eigenvalue weighted by atomic mass is 79.9. The summed E-state index contributed by atoms with van der Waals surface area (Å²) in [7, 11) is 1.47. The summed E-state index contributed by atoms with van der Waals surface area (Å²) in [6.07, 6.45) is 3.95. The molecule has 0 unspecified atom stereocenters. The number of aryl methyl sites for hydroxylation is 1. The van der Waals surface area contributed by atoms with Crippen LogP contribution in [0.5, 0.6) is 11.5 Å². The Balaban J connectivity index is 1.59. The fourth-order valence-corrected chi connectivity index (χ4v) is 4.38. The number of amides is 1. The first-order valence-electron chi connectivity index (χ1n) is 12.0. The third-order valence-electron chi connectivity index (χ3n) is 5.61. The van der Waals surface area contributed by atoms with E-state index >= 15 is 0 Å². The molecule has 1 N–H and O–H groups in total. The number of hydrogen-bond donors (Lipinski definition) is 1. The maximum atomic E-state index is 13.3. The topological polar surface area (TPSA) is 94.8 Å². The van der Waals surface area contributed by atoms with Gasteiger partial charge in [0.2, 0.25) is 0 Å². The highest BCUT2D eigenvalue weighted by Crippen LogP contribution is 2.36. The molecule has 0 bridgehead atoms. The van der Waals surface area contributed by atoms with E-state index in [-0.39, 0.29) is 28.8 Å². The van der Waals surface area contributed by atoms with Gasteiger partial charge in [-0.25, -0.2) is 4.98 Å². The van der Waals surface area contributed by atoms with E-state index in [1.807, 2.05) is 30.3 Å². The zero-order chi connectivity index (χ0) is 27.1. The van der Waals surface area contributed by atoms with E-state index < -0.39 is 0 Å². The molecule has 0 radical (unpaired) electrons. The summed E-state index contributed by atoms with van der Waals surface area (Å²) in [4.78, 5) is 30.3. The second-order valence-electron chi connectivity index (χ2n) is 8.39. The summed E-state index contributed by atoms with van der Waals surface area (Å²) in [5.41, 5.74) is 1.60. The van der Waals surface area contributed by atoms with Crippen LogP contribution in [0.3, 0.4) is 0 Å². The Hall–Kier alpha value is -3.69. The molecule has 0 saturated carbocycles. The van der Waals surface area contributed by atoms with Crippen LogP contribution in [0.1, 0.15) is 31.2 Å². The molecule has 4 rings (SSSR count). The lowest BCUT2D eigenvalue weighted by atomic mass is 10.2. The van der Waals surface area contributed by atoms with Gasteiger partial charge >= 0.3 is 0 Å². The van der Waals surface area contributed by atoms with E-state index in [0.29, 0.717) is 40.1 Å². The highest BCUT2D eigenvalue weighted by Gasteiger charge is 2.15. The minimum absolute atomic E-state index is 0.229. The number of ether oxygens (including phenoxy) is 2. The number of nitrogens with zero attached hydrogens (tertiary/aromatic N) is 3. The number of hydrogen-bond acceptors (Lipinski definition) is 6. The lowest BCUT2D eigenvalue weighted by Gasteiger charge is -2.13. The number of rotatable bonds is 10. The highest BCUT2D eigenvalue weighted by molar-refractivity contribution is 9.10. The van der Waals surface area contributed by atoms with E-state index in [4.69, 9.17) is 21.1 Å². The Morgan fingerprint density at radius 3 is 2.71 bits per heavy atom. The lowest BCUT2D eigenvalue weighted by molar-refractivity contribution is -0.118. The molecule has 1 amide bonds. The van der Waals surface area contributed by atoms with Gasteiger partial charge in [0.05, 0.1) is 29.2 Å². The number of unbranched alkanes of at least 4 members (excludes halogenated alkanes) is 1. The standard InChI is InChI=1S/C28H26BrClN4O4/c1-3-4-10-25-33-23-12-11-19(29)15-21(23)28(36)34(25)31-16-18-13-22(30)27(24(14-18)37-2)38-17-26(35)32-20-8-6-5-7-9-20/h5-9,11-16H,3-4,10,17H2,1-2H3,(H,32,35). The van der Waals surface area contributed by atoms with E-state index in [0.717, 1.165) is 17.3 Å². The smallest absolute Gasteiger partial charge is 0.282 e. The first-order valence-corrected chi connectivity index (χ1v) is 13.2. The van der Waals surface area contributed by atoms with Gasteiger partial charge in [-0.3, -0.25) is 9.59 Å². The number of carbonyl (C=O) groups excluding carboxylic acids is 1. The third-order valence-corrected chi connectivity index (χ3v) is 6.38. The van der Waals surface area contributed by atoms with Crippen LogP contribution in [-0.4, -0.2) is 35.5 Å². The van der Waals surface area contributed by atoms with E-state index in [2.05, 4.69) is 38.3 Å². The van der Waals surface area contributed by atoms with Gasteiger partial charge in [0.15, 0.2) is 18.1 Å². The molecule has 1 aromatic heterocycles. The van der Waals surface area contributed by atoms with Crippen LogP contribution in [-0.2, 0) is 11.2 Å². The van der Waals surface area contributed by atoms with Gasteiger partial charge in [-0.05, 0) is 54.4 Å². The van der Waals surface area contributed by atoms with E-state index in [1.165, 1.54) is 18.0 Å². The normalized spacial score (nSPS) is 11.2. The summed E-state index contributed by atoms with van der Waals surface area (Å²) in [6.45, 7) is 1.82. The molecule has 0 aliphatic carbocycles. The molecule has 3 aromatic carbocycles. The molecule has 0 aliphatic heterocycles. The van der Waals surface area contributed by atoms with Crippen LogP contribution < -0.4 is 20.3 Å². The first kappa shape index (κ1) is 27.3. The van der Waals surface area contributed by atoms with Gasteiger partial charge < -0.3 is 14.8 Å². The van der Waals surface area contributed by atoms with Crippen LogP contribution >= 0.6 is 27.5 Å². The zero-order valence-corrected chi connectivity index (χ0v) is 23.3. The lowest BCUT2D eigenvalue weighted by Crippen LogP contribution is -2.22. The summed E-state index contributed by atoms with van der Waals surface area (Å²) < 4.78 is 13.2. The second-order valence-corrected chi connectivity index (χ2v) is 9.71. The minimum atomic E-state index is -0.339. The molecular formula is C28H26BrClN4O4. The maximum Gasteiger partial charge on any atom is 0.282 e. The zero-order valence-electron chi connectivity index (χ0n) is 20.9. The third kappa shape index (κ3) is 6.59. The van der Waals surface area contributed by atoms with E-state index in [9.17, 15) is 9.59 Å². The Labute approximate surface area is 233 Å². The quantitative estimate of drug-likeness (QED) is 0.224. The van der Waals surface area contributed by atoms with Crippen LogP contribution in [0.15, 0.2) is 75.0 Å². The molecule has 0 fully saturated rings. The van der Waals surface area contributed by atoms with Gasteiger partial charge in [0.1, 0.15) is 5.82 Å². The number of nitrogens with one attached hydrogen (secondary N) is 1. The number of methoxy groups -OCH3 is 1. The second kappa shape index (κ2) is 12.7. The van der Waals surface area contributed by atoms with Crippen LogP contribution in [0.2, 0.25) is 5.02 Å². The monoisotopic (exact) mass is 596 g/mol. The van der Waals surface area contributed by atoms with Crippen molar-refractivity contribution in [1.82, 2.24) is 9.66 Å². The summed E-state index contributed by atoms with van der Waals surface area (Å²) in [6, 6.07) is 17.8. The fourth-order valence-electron chi connectivity index (χ4n) is 3.75. The van der Waals surface area contributed by atoms with Crippen molar-refractivity contribution in [1.29, 1.82) is 0 Å². The molecule has 0 saturated heterocycles. The van der Waals surface area contributed by atoms with E-state index in [1.54, 1.807) is 30.3 Å². The van der Waals surface area contributed by atoms with Crippen LogP contribution in [0.25, 0.3) is 10.9 Å². The number of fused-ring (bicyclic) bond motifs is 1. The minimum Gasteiger partial charge on any atom is -0.493 e. The number of aromatic nitrogens is 2. The number of para-hydroxylation sites is 1. The van der Waals surface area contributed by atoms with Crippen molar-refractivity contribution in [2.75, 3.05) is 19.0 Å². The Bertz CT molecular complexity index is 1540. The van der Waals surface area contributed by atoms with Gasteiger partial charge in [-0.2, -0.15) is 9.78 Å². The molecule has 8 nitrogen and oxygen atoms in total. The van der Waals surface area contributed by atoms with Gasteiger partial charge in [-0.15, -0.1) is 0 Å². The fraction of sp³-hybridized carbons (Fsp3) is 0.214. The summed E-state index contributed by atoms with van der Waals surface area (Å²) in [5.74, 6) is 0.790. The molecule has 38 heavy (non-hydrogen) atoms. The SMILES string of the molecule is CCCCc1nc2ccc(Br)cc2c(=O)n1N=Cc1cc(Cl)c(OCC(=O)Nc2ccccc2)c(OC)c1. The molecule has 0 aliphatic rings. The Morgan fingerprint density at radius 1 is 1.18 bits per heavy atom. The predicted octanol–water partition coefficient (Wildman–Crippen LogP) is 6.06. The van der Waals surface area contributed by atoms with Gasteiger partial charge in [0.25, 0.3) is 11.5 Å². The number of anilines is 1. The summed E-state index contributed by atoms with van der Waals surface area (Å²) >= 11 is 9.90. The average molecular weight is 598 g/mol. The summed E-state index contributed by atoms with van der Waals surface area (Å²) in [5, 5.41) is 7.90. The molecule has 196 valence electrons. The van der Waals surface area contributed by atoms with Crippen molar-refractivity contribution in [3.05, 3.63) is 91.9 Å². The maximum absolute atomic E-state index is 13.3. The first-order chi connectivity index (χ1) is 18.4. The molecule has 1 heterocycles. The number of carbonyl (C=O) groups is 1. The molecular weight excluding hydrogens is 572 g/mol. The molecule has 0 atom stereocenters. The van der Waals surface area contributed by atoms with Crippen molar-refractivity contribution in [3.8, 4) is 11.5 Å². The Morgan fingerprint density at radius 2 is 1.97 bits per heavy atom. The van der Waals surface area contributed by atoms with Crippen molar-refractivity contribution in [3.63, 3.8) is 0 Å². The average Bonchev–Trinajstić information content (AvgIpc) is 2.91. The number of benzene rings is 3. The molecule has 10 heteroatoms. The van der Waals surface area contributed by atoms with Crippen molar-refractivity contribution in [2.24, 2.45) is 5.10 Å². The Kier molecular flexibility index (Phi) is 9.15. The van der Waals surface area contributed by atoms with Crippen LogP contribution in [0.4, 0.5) is 5.69 Å². The molecule has 4 aromatic rings. The molecule has 0 spiro atoms. The predicted molar refractivity (Wildman–Crippen MR) is 154 cm³/mol.